The first-order chi connectivity index (χ1) is 12.4. The van der Waals surface area contributed by atoms with Crippen molar-refractivity contribution in [1.29, 1.82) is 10.5 Å². The van der Waals surface area contributed by atoms with E-state index in [9.17, 15) is 9.59 Å². The average Bonchev–Trinajstić information content (AvgIpc) is 2.58. The Kier molecular flexibility index (Phi) is 10.4. The second-order valence-corrected chi connectivity index (χ2v) is 8.20. The van der Waals surface area contributed by atoms with Crippen molar-refractivity contribution in [3.63, 3.8) is 0 Å². The zero-order chi connectivity index (χ0) is 21.1. The van der Waals surface area contributed by atoms with Gasteiger partial charge in [0.2, 0.25) is 11.8 Å². The fraction of sp³-hybridized carbons (Fsp3) is 0.700. The molecular weight excluding hydrogens is 342 g/mol. The van der Waals surface area contributed by atoms with Crippen LogP contribution in [0.2, 0.25) is 0 Å². The van der Waals surface area contributed by atoms with Crippen molar-refractivity contribution in [1.82, 2.24) is 10.2 Å². The first-order valence-electron chi connectivity index (χ1n) is 9.26. The third-order valence-electron chi connectivity index (χ3n) is 4.45. The van der Waals surface area contributed by atoms with Gasteiger partial charge in [-0.25, -0.2) is 0 Å². The van der Waals surface area contributed by atoms with Gasteiger partial charge in [0.1, 0.15) is 0 Å². The molecule has 2 amide bonds. The number of quaternary nitrogens is 1. The number of hydrogen-bond donors (Lipinski definition) is 1. The Morgan fingerprint density at radius 3 is 2.07 bits per heavy atom. The van der Waals surface area contributed by atoms with Crippen molar-refractivity contribution in [2.45, 2.75) is 52.0 Å². The summed E-state index contributed by atoms with van der Waals surface area (Å²) in [7, 11) is 4.11. The highest BCUT2D eigenvalue weighted by atomic mass is 16.2. The molecule has 0 aromatic heterocycles. The van der Waals surface area contributed by atoms with Crippen LogP contribution in [0.1, 0.15) is 46.5 Å². The van der Waals surface area contributed by atoms with Crippen LogP contribution in [0.3, 0.4) is 0 Å². The Morgan fingerprint density at radius 1 is 1.11 bits per heavy atom. The van der Waals surface area contributed by atoms with Gasteiger partial charge in [-0.1, -0.05) is 6.58 Å². The van der Waals surface area contributed by atoms with Gasteiger partial charge in [0.05, 0.1) is 58.6 Å². The van der Waals surface area contributed by atoms with E-state index in [-0.39, 0.29) is 30.2 Å². The van der Waals surface area contributed by atoms with Gasteiger partial charge in [-0.15, -0.1) is 0 Å². The molecule has 0 fully saturated rings. The van der Waals surface area contributed by atoms with E-state index in [1.165, 1.54) is 0 Å². The zero-order valence-electron chi connectivity index (χ0n) is 17.5. The fourth-order valence-electron chi connectivity index (χ4n) is 2.46. The summed E-state index contributed by atoms with van der Waals surface area (Å²) in [6.07, 6.45) is 1.67. The highest BCUT2D eigenvalue weighted by Crippen LogP contribution is 2.14. The van der Waals surface area contributed by atoms with Crippen LogP contribution >= 0.6 is 0 Å². The number of carbonyl (C=O) groups is 2. The van der Waals surface area contributed by atoms with Crippen molar-refractivity contribution in [2.75, 3.05) is 40.3 Å². The van der Waals surface area contributed by atoms with Gasteiger partial charge in [-0.3, -0.25) is 9.59 Å². The predicted molar refractivity (Wildman–Crippen MR) is 105 cm³/mol. The van der Waals surface area contributed by atoms with Crippen molar-refractivity contribution in [2.24, 2.45) is 0 Å². The number of nitriles is 2. The van der Waals surface area contributed by atoms with Crippen LogP contribution in [0.4, 0.5) is 0 Å². The molecule has 7 nitrogen and oxygen atoms in total. The summed E-state index contributed by atoms with van der Waals surface area (Å²) in [6, 6.07) is 4.08. The highest BCUT2D eigenvalue weighted by molar-refractivity contribution is 5.92. The van der Waals surface area contributed by atoms with E-state index in [1.807, 2.05) is 26.0 Å². The topological polar surface area (TPSA) is 97.0 Å². The van der Waals surface area contributed by atoms with E-state index in [2.05, 4.69) is 26.0 Å². The molecule has 150 valence electrons. The van der Waals surface area contributed by atoms with E-state index >= 15 is 0 Å². The summed E-state index contributed by atoms with van der Waals surface area (Å²) in [5.74, 6) is -0.173. The van der Waals surface area contributed by atoms with Crippen molar-refractivity contribution in [3.8, 4) is 12.1 Å². The predicted octanol–water partition coefficient (Wildman–Crippen LogP) is 1.97. The molecule has 0 spiro atoms. The minimum Gasteiger partial charge on any atom is -0.347 e. The van der Waals surface area contributed by atoms with Crippen LogP contribution in [0.25, 0.3) is 0 Å². The molecule has 0 saturated heterocycles. The van der Waals surface area contributed by atoms with E-state index in [0.717, 1.165) is 13.0 Å². The lowest BCUT2D eigenvalue weighted by molar-refractivity contribution is -0.890. The Balaban J connectivity index is 4.61. The molecule has 0 aromatic carbocycles. The monoisotopic (exact) mass is 376 g/mol. The normalized spacial score (nSPS) is 11.2. The van der Waals surface area contributed by atoms with E-state index < -0.39 is 0 Å². The maximum atomic E-state index is 12.5. The van der Waals surface area contributed by atoms with Gasteiger partial charge in [0.15, 0.2) is 0 Å². The average molecular weight is 377 g/mol. The Morgan fingerprint density at radius 2 is 1.63 bits per heavy atom. The molecule has 0 aliphatic carbocycles. The van der Waals surface area contributed by atoms with Crippen LogP contribution in [-0.2, 0) is 9.59 Å². The lowest BCUT2D eigenvalue weighted by atomic mass is 9.99. The number of carbonyl (C=O) groups excluding carboxylic acids is 2. The summed E-state index contributed by atoms with van der Waals surface area (Å²) < 4.78 is 0.641. The second kappa shape index (κ2) is 11.4. The van der Waals surface area contributed by atoms with E-state index in [1.54, 1.807) is 11.8 Å². The van der Waals surface area contributed by atoms with E-state index in [0.29, 0.717) is 36.1 Å². The molecule has 0 heterocycles. The molecule has 7 heteroatoms. The lowest BCUT2D eigenvalue weighted by Crippen LogP contribution is -2.50. The summed E-state index contributed by atoms with van der Waals surface area (Å²) >= 11 is 0. The number of hydrogen-bond acceptors (Lipinski definition) is 4. The van der Waals surface area contributed by atoms with Crippen LogP contribution in [-0.4, -0.2) is 67.0 Å². The second-order valence-electron chi connectivity index (χ2n) is 8.20. The molecule has 0 rings (SSSR count). The van der Waals surface area contributed by atoms with Crippen LogP contribution in [0, 0.1) is 22.7 Å². The standard InChI is InChI=1S/C20H33N5O2/c1-17(2)19(27)23-20(3,4)10-16-25(5,6)15-9-18(26)24(13-7-11-21)14-8-12-22/h1,7-10,13-16H2,2-6H3/p+1. The molecule has 0 aliphatic heterocycles. The first kappa shape index (κ1) is 24.6. The van der Waals surface area contributed by atoms with Crippen molar-refractivity contribution < 1.29 is 14.1 Å². The molecule has 0 radical (unpaired) electrons. The highest BCUT2D eigenvalue weighted by Gasteiger charge is 2.26. The Labute approximate surface area is 163 Å². The summed E-state index contributed by atoms with van der Waals surface area (Å²) in [6.45, 7) is 11.5. The van der Waals surface area contributed by atoms with Crippen LogP contribution < -0.4 is 5.32 Å². The molecule has 0 saturated carbocycles. The molecule has 27 heavy (non-hydrogen) atoms. The van der Waals surface area contributed by atoms with Crippen molar-refractivity contribution >= 4 is 11.8 Å². The third kappa shape index (κ3) is 11.0. The van der Waals surface area contributed by atoms with Crippen LogP contribution in [0.5, 0.6) is 0 Å². The molecule has 0 aromatic rings. The van der Waals surface area contributed by atoms with Gasteiger partial charge in [-0.05, 0) is 20.8 Å². The summed E-state index contributed by atoms with van der Waals surface area (Å²) in [5.41, 5.74) is 0.124. The molecular formula is C20H34N5O2+. The van der Waals surface area contributed by atoms with Gasteiger partial charge in [0.25, 0.3) is 0 Å². The summed E-state index contributed by atoms with van der Waals surface area (Å²) in [5, 5.41) is 20.4. The number of amides is 2. The lowest BCUT2D eigenvalue weighted by Gasteiger charge is -2.35. The maximum Gasteiger partial charge on any atom is 0.246 e. The van der Waals surface area contributed by atoms with Crippen molar-refractivity contribution in [3.05, 3.63) is 12.2 Å². The molecule has 0 bridgehead atoms. The Bertz CT molecular complexity index is 593. The number of nitrogens with zero attached hydrogens (tertiary/aromatic N) is 4. The largest absolute Gasteiger partial charge is 0.347 e. The van der Waals surface area contributed by atoms with Gasteiger partial charge in [-0.2, -0.15) is 10.5 Å². The zero-order valence-corrected chi connectivity index (χ0v) is 17.5. The summed E-state index contributed by atoms with van der Waals surface area (Å²) in [4.78, 5) is 25.9. The molecule has 0 unspecified atom stereocenters. The molecule has 0 aliphatic rings. The Hall–Kier alpha value is -2.38. The minimum absolute atomic E-state index is 0.0263. The van der Waals surface area contributed by atoms with Crippen LogP contribution in [0.15, 0.2) is 12.2 Å². The smallest absolute Gasteiger partial charge is 0.246 e. The first-order valence-corrected chi connectivity index (χ1v) is 9.26. The minimum atomic E-state index is -0.360. The molecule has 1 N–H and O–H groups in total. The number of rotatable bonds is 12. The third-order valence-corrected chi connectivity index (χ3v) is 4.45. The SMILES string of the molecule is C=C(C)C(=O)NC(C)(C)CC[N+](C)(C)CCC(=O)N(CCC#N)CCC#N. The molecule has 0 atom stereocenters. The maximum absolute atomic E-state index is 12.5. The van der Waals surface area contributed by atoms with Gasteiger partial charge < -0.3 is 14.7 Å². The van der Waals surface area contributed by atoms with Gasteiger partial charge in [0, 0.05) is 30.6 Å². The number of nitrogens with one attached hydrogen (secondary N) is 1. The van der Waals surface area contributed by atoms with E-state index in [4.69, 9.17) is 10.5 Å². The van der Waals surface area contributed by atoms with Gasteiger partial charge >= 0.3 is 0 Å². The quantitative estimate of drug-likeness (QED) is 0.416. The fourth-order valence-corrected chi connectivity index (χ4v) is 2.46.